The van der Waals surface area contributed by atoms with E-state index in [9.17, 15) is 4.79 Å². The highest BCUT2D eigenvalue weighted by Gasteiger charge is 2.15. The lowest BCUT2D eigenvalue weighted by molar-refractivity contribution is -0.120. The number of carbonyl (C=O) groups is 1. The number of hydrogen-bond acceptors (Lipinski definition) is 4. The van der Waals surface area contributed by atoms with Gasteiger partial charge in [0.15, 0.2) is 5.76 Å². The number of hydrogen-bond donors (Lipinski definition) is 1. The maximum atomic E-state index is 11.1. The lowest BCUT2D eigenvalue weighted by Crippen LogP contribution is -2.28. The molecule has 0 aromatic carbocycles. The van der Waals surface area contributed by atoms with Gasteiger partial charge in [0.05, 0.1) is 6.54 Å². The van der Waals surface area contributed by atoms with Gasteiger partial charge in [-0.1, -0.05) is 5.16 Å². The van der Waals surface area contributed by atoms with E-state index in [0.29, 0.717) is 24.1 Å². The van der Waals surface area contributed by atoms with E-state index in [1.807, 2.05) is 6.07 Å². The maximum absolute atomic E-state index is 11.1. The Labute approximate surface area is 95.9 Å². The first kappa shape index (κ1) is 10.6. The zero-order valence-corrected chi connectivity index (χ0v) is 9.79. The second kappa shape index (κ2) is 4.76. The van der Waals surface area contributed by atoms with Crippen LogP contribution >= 0.6 is 15.9 Å². The minimum Gasteiger partial charge on any atom is -0.359 e. The Morgan fingerprint density at radius 1 is 1.60 bits per heavy atom. The molecule has 0 aliphatic carbocycles. The molecule has 0 saturated carbocycles. The Bertz CT molecular complexity index is 353. The highest BCUT2D eigenvalue weighted by Crippen LogP contribution is 2.12. The van der Waals surface area contributed by atoms with Crippen LogP contribution < -0.4 is 5.32 Å². The largest absolute Gasteiger partial charge is 0.359 e. The second-order valence-corrected chi connectivity index (χ2v) is 4.30. The normalized spacial score (nSPS) is 18.6. The summed E-state index contributed by atoms with van der Waals surface area (Å²) in [6.45, 7) is 3.02. The van der Waals surface area contributed by atoms with Crippen molar-refractivity contribution in [2.75, 3.05) is 19.6 Å². The molecule has 0 unspecified atom stereocenters. The zero-order valence-electron chi connectivity index (χ0n) is 8.20. The SMILES string of the molecule is O=C1CCN(Cc2cc(Br)no2)CCN1. The fraction of sp³-hybridized carbons (Fsp3) is 0.556. The summed E-state index contributed by atoms with van der Waals surface area (Å²) >= 11 is 3.23. The van der Waals surface area contributed by atoms with Crippen LogP contribution in [0.25, 0.3) is 0 Å². The van der Waals surface area contributed by atoms with Gasteiger partial charge >= 0.3 is 0 Å². The van der Waals surface area contributed by atoms with Crippen molar-refractivity contribution in [3.05, 3.63) is 16.4 Å². The summed E-state index contributed by atoms with van der Waals surface area (Å²) < 4.78 is 5.80. The minimum absolute atomic E-state index is 0.122. The van der Waals surface area contributed by atoms with Crippen molar-refractivity contribution in [3.8, 4) is 0 Å². The Kier molecular flexibility index (Phi) is 3.37. The van der Waals surface area contributed by atoms with Crippen LogP contribution in [0, 0.1) is 0 Å². The molecule has 1 fully saturated rings. The third-order valence-corrected chi connectivity index (χ3v) is 2.69. The summed E-state index contributed by atoms with van der Waals surface area (Å²) in [5.41, 5.74) is 0. The zero-order chi connectivity index (χ0) is 10.7. The van der Waals surface area contributed by atoms with Gasteiger partial charge in [0, 0.05) is 32.1 Å². The Morgan fingerprint density at radius 2 is 2.47 bits per heavy atom. The van der Waals surface area contributed by atoms with Crippen molar-refractivity contribution < 1.29 is 9.32 Å². The Hall–Kier alpha value is -0.880. The van der Waals surface area contributed by atoms with Gasteiger partial charge in [-0.15, -0.1) is 0 Å². The average molecular weight is 274 g/mol. The number of halogens is 1. The van der Waals surface area contributed by atoms with E-state index in [1.165, 1.54) is 0 Å². The molecule has 1 aliphatic heterocycles. The van der Waals surface area contributed by atoms with Crippen molar-refractivity contribution in [3.63, 3.8) is 0 Å². The van der Waals surface area contributed by atoms with Gasteiger partial charge in [0.2, 0.25) is 5.91 Å². The number of nitrogens with one attached hydrogen (secondary N) is 1. The van der Waals surface area contributed by atoms with E-state index in [1.54, 1.807) is 0 Å². The first-order valence-corrected chi connectivity index (χ1v) is 5.63. The van der Waals surface area contributed by atoms with Crippen LogP contribution in [-0.4, -0.2) is 35.6 Å². The van der Waals surface area contributed by atoms with Crippen LogP contribution in [0.15, 0.2) is 15.2 Å². The van der Waals surface area contributed by atoms with Crippen LogP contribution in [0.4, 0.5) is 0 Å². The summed E-state index contributed by atoms with van der Waals surface area (Å²) in [5, 5.41) is 6.58. The van der Waals surface area contributed by atoms with Crippen molar-refractivity contribution in [2.24, 2.45) is 0 Å². The Balaban J connectivity index is 1.91. The second-order valence-electron chi connectivity index (χ2n) is 3.49. The fourth-order valence-electron chi connectivity index (χ4n) is 1.55. The molecule has 6 heteroatoms. The van der Waals surface area contributed by atoms with Gasteiger partial charge in [0.25, 0.3) is 0 Å². The quantitative estimate of drug-likeness (QED) is 0.865. The lowest BCUT2D eigenvalue weighted by atomic mass is 10.3. The van der Waals surface area contributed by atoms with Crippen LogP contribution in [-0.2, 0) is 11.3 Å². The third kappa shape index (κ3) is 3.04. The van der Waals surface area contributed by atoms with E-state index in [2.05, 4.69) is 31.3 Å². The first-order valence-electron chi connectivity index (χ1n) is 4.84. The molecule has 0 radical (unpaired) electrons. The van der Waals surface area contributed by atoms with Crippen molar-refractivity contribution >= 4 is 21.8 Å². The van der Waals surface area contributed by atoms with Crippen molar-refractivity contribution in [2.45, 2.75) is 13.0 Å². The van der Waals surface area contributed by atoms with Crippen LogP contribution in [0.1, 0.15) is 12.2 Å². The molecule has 0 spiro atoms. The maximum Gasteiger partial charge on any atom is 0.221 e. The highest BCUT2D eigenvalue weighted by molar-refractivity contribution is 9.10. The predicted octanol–water partition coefficient (Wildman–Crippen LogP) is 0.759. The summed E-state index contributed by atoms with van der Waals surface area (Å²) in [6.07, 6.45) is 0.551. The van der Waals surface area contributed by atoms with Gasteiger partial charge in [-0.05, 0) is 15.9 Å². The molecule has 0 atom stereocenters. The number of nitrogens with zero attached hydrogens (tertiary/aromatic N) is 2. The first-order chi connectivity index (χ1) is 7.24. The number of carbonyl (C=O) groups excluding carboxylic acids is 1. The van der Waals surface area contributed by atoms with E-state index in [4.69, 9.17) is 4.52 Å². The molecule has 1 aromatic rings. The minimum atomic E-state index is 0.122. The topological polar surface area (TPSA) is 58.4 Å². The van der Waals surface area contributed by atoms with Crippen molar-refractivity contribution in [1.82, 2.24) is 15.4 Å². The standard InChI is InChI=1S/C9H12BrN3O2/c10-8-5-7(15-12-8)6-13-3-1-9(14)11-2-4-13/h5H,1-4,6H2,(H,11,14). The molecular formula is C9H12BrN3O2. The van der Waals surface area contributed by atoms with Gasteiger partial charge < -0.3 is 9.84 Å². The number of aromatic nitrogens is 1. The number of rotatable bonds is 2. The predicted molar refractivity (Wildman–Crippen MR) is 57.1 cm³/mol. The number of amides is 1. The van der Waals surface area contributed by atoms with Crippen LogP contribution in [0.2, 0.25) is 0 Å². The van der Waals surface area contributed by atoms with Gasteiger partial charge in [0.1, 0.15) is 4.60 Å². The molecule has 5 nitrogen and oxygen atoms in total. The summed E-state index contributed by atoms with van der Waals surface area (Å²) in [5.74, 6) is 0.937. The molecule has 15 heavy (non-hydrogen) atoms. The van der Waals surface area contributed by atoms with Gasteiger partial charge in [-0.2, -0.15) is 0 Å². The smallest absolute Gasteiger partial charge is 0.221 e. The van der Waals surface area contributed by atoms with Crippen LogP contribution in [0.5, 0.6) is 0 Å². The molecule has 1 N–H and O–H groups in total. The molecule has 0 bridgehead atoms. The molecule has 2 rings (SSSR count). The van der Waals surface area contributed by atoms with E-state index < -0.39 is 0 Å². The van der Waals surface area contributed by atoms with Gasteiger partial charge in [-0.3, -0.25) is 9.69 Å². The molecule has 1 amide bonds. The molecule has 2 heterocycles. The fourth-order valence-corrected chi connectivity index (χ4v) is 1.88. The van der Waals surface area contributed by atoms with Gasteiger partial charge in [-0.25, -0.2) is 0 Å². The van der Waals surface area contributed by atoms with E-state index in [0.717, 1.165) is 18.8 Å². The van der Waals surface area contributed by atoms with Crippen molar-refractivity contribution in [1.29, 1.82) is 0 Å². The van der Waals surface area contributed by atoms with Crippen LogP contribution in [0.3, 0.4) is 0 Å². The molecule has 82 valence electrons. The van der Waals surface area contributed by atoms with E-state index >= 15 is 0 Å². The molecule has 1 aliphatic rings. The van der Waals surface area contributed by atoms with E-state index in [-0.39, 0.29) is 5.91 Å². The summed E-state index contributed by atoms with van der Waals surface area (Å²) in [4.78, 5) is 13.3. The lowest BCUT2D eigenvalue weighted by Gasteiger charge is -2.16. The highest BCUT2D eigenvalue weighted by atomic mass is 79.9. The summed E-state index contributed by atoms with van der Waals surface area (Å²) in [6, 6.07) is 1.85. The third-order valence-electron chi connectivity index (χ3n) is 2.31. The molecule has 1 saturated heterocycles. The summed E-state index contributed by atoms with van der Waals surface area (Å²) in [7, 11) is 0. The molecule has 1 aromatic heterocycles. The molecular weight excluding hydrogens is 262 g/mol. The average Bonchev–Trinajstić information content (AvgIpc) is 2.48. The Morgan fingerprint density at radius 3 is 3.20 bits per heavy atom. The monoisotopic (exact) mass is 273 g/mol.